The number of hydrogen-bond donors (Lipinski definition) is 2. The fraction of sp³-hybridized carbons (Fsp3) is 0.864. The number of carbonyl (C=O) groups excluding carboxylic acids is 3. The average molecular weight is 1120 g/mol. The molecule has 3 unspecified atom stereocenters. The molecule has 0 aliphatic carbocycles. The Bertz CT molecular complexity index is 1450. The predicted octanol–water partition coefficient (Wildman–Crippen LogP) is 19.9. The molecule has 3 atom stereocenters. The minimum Gasteiger partial charge on any atom is -0.462 e. The van der Waals surface area contributed by atoms with Crippen molar-refractivity contribution < 1.29 is 52.2 Å². The van der Waals surface area contributed by atoms with Crippen LogP contribution in [0.25, 0.3) is 0 Å². The molecule has 0 rings (SSSR count). The summed E-state index contributed by atoms with van der Waals surface area (Å²) in [5, 5.41) is 9.86. The summed E-state index contributed by atoms with van der Waals surface area (Å²) in [6, 6.07) is 0. The van der Waals surface area contributed by atoms with Gasteiger partial charge < -0.3 is 24.2 Å². The summed E-state index contributed by atoms with van der Waals surface area (Å²) < 4.78 is 39.7. The van der Waals surface area contributed by atoms with Crippen LogP contribution >= 0.6 is 7.82 Å². The molecule has 12 heteroatoms. The van der Waals surface area contributed by atoms with Gasteiger partial charge in [-0.05, 0) is 51.4 Å². The first-order valence-electron chi connectivity index (χ1n) is 32.9. The third-order valence-electron chi connectivity index (χ3n) is 14.6. The van der Waals surface area contributed by atoms with Crippen molar-refractivity contribution in [2.75, 3.05) is 26.4 Å². The van der Waals surface area contributed by atoms with E-state index in [0.717, 1.165) is 89.9 Å². The van der Waals surface area contributed by atoms with Crippen molar-refractivity contribution in [3.63, 3.8) is 0 Å². The van der Waals surface area contributed by atoms with E-state index in [2.05, 4.69) is 57.2 Å². The number of phosphoric acid groups is 1. The molecule has 0 aromatic carbocycles. The Balaban J connectivity index is 4.64. The van der Waals surface area contributed by atoms with E-state index >= 15 is 0 Å². The smallest absolute Gasteiger partial charge is 0.462 e. The first-order valence-corrected chi connectivity index (χ1v) is 34.4. The van der Waals surface area contributed by atoms with Gasteiger partial charge in [0, 0.05) is 19.3 Å². The van der Waals surface area contributed by atoms with Crippen molar-refractivity contribution in [2.45, 2.75) is 341 Å². The normalized spacial score (nSPS) is 13.4. The van der Waals surface area contributed by atoms with Gasteiger partial charge in [0.2, 0.25) is 0 Å². The van der Waals surface area contributed by atoms with Crippen LogP contribution in [-0.2, 0) is 42.2 Å². The molecule has 0 saturated heterocycles. The number of ether oxygens (including phenoxy) is 3. The van der Waals surface area contributed by atoms with Gasteiger partial charge >= 0.3 is 25.7 Å². The van der Waals surface area contributed by atoms with E-state index in [0.29, 0.717) is 19.3 Å². The zero-order valence-electron chi connectivity index (χ0n) is 50.9. The number of esters is 3. The molecular weight excluding hydrogens is 1000 g/mol. The van der Waals surface area contributed by atoms with Crippen molar-refractivity contribution in [1.29, 1.82) is 0 Å². The number of carbonyl (C=O) groups is 3. The van der Waals surface area contributed by atoms with E-state index in [9.17, 15) is 28.9 Å². The van der Waals surface area contributed by atoms with E-state index in [1.165, 1.54) is 180 Å². The second-order valence-corrected chi connectivity index (χ2v) is 23.7. The minimum atomic E-state index is -4.75. The Hall–Kier alpha value is -2.30. The molecule has 0 aromatic heterocycles. The Morgan fingerprint density at radius 2 is 0.667 bits per heavy atom. The second-order valence-electron chi connectivity index (χ2n) is 22.3. The molecule has 0 fully saturated rings. The van der Waals surface area contributed by atoms with Gasteiger partial charge in [-0.3, -0.25) is 23.4 Å². The molecule has 0 aliphatic heterocycles. The minimum absolute atomic E-state index is 0.170. The predicted molar refractivity (Wildman–Crippen MR) is 326 cm³/mol. The third kappa shape index (κ3) is 58.4. The summed E-state index contributed by atoms with van der Waals surface area (Å²) in [7, 11) is -4.75. The summed E-state index contributed by atoms with van der Waals surface area (Å²) in [6.07, 6.45) is 65.3. The maximum Gasteiger partial charge on any atom is 0.472 e. The summed E-state index contributed by atoms with van der Waals surface area (Å²) in [5.74, 6) is -1.45. The summed E-state index contributed by atoms with van der Waals surface area (Å²) in [4.78, 5) is 48.8. The van der Waals surface area contributed by atoms with Crippen molar-refractivity contribution in [2.24, 2.45) is 0 Å². The fourth-order valence-corrected chi connectivity index (χ4v) is 10.4. The highest BCUT2D eigenvalue weighted by atomic mass is 31.2. The largest absolute Gasteiger partial charge is 0.472 e. The highest BCUT2D eigenvalue weighted by Crippen LogP contribution is 2.43. The Morgan fingerprint density at radius 1 is 0.372 bits per heavy atom. The Morgan fingerprint density at radius 3 is 1.03 bits per heavy atom. The number of phosphoric ester groups is 1. The lowest BCUT2D eigenvalue weighted by Gasteiger charge is -2.21. The number of aliphatic hydroxyl groups is 1. The molecule has 0 bridgehead atoms. The van der Waals surface area contributed by atoms with Crippen LogP contribution in [0.15, 0.2) is 36.5 Å². The van der Waals surface area contributed by atoms with E-state index in [1.807, 2.05) is 0 Å². The van der Waals surface area contributed by atoms with Gasteiger partial charge in [-0.2, -0.15) is 0 Å². The quantitative estimate of drug-likeness (QED) is 0.0197. The van der Waals surface area contributed by atoms with Gasteiger partial charge in [0.15, 0.2) is 6.10 Å². The molecule has 0 radical (unpaired) electrons. The summed E-state index contributed by atoms with van der Waals surface area (Å²) in [5.41, 5.74) is 0. The van der Waals surface area contributed by atoms with Crippen molar-refractivity contribution in [3.8, 4) is 0 Å². The molecule has 0 amide bonds. The van der Waals surface area contributed by atoms with Crippen LogP contribution in [0, 0.1) is 0 Å². The van der Waals surface area contributed by atoms with Crippen molar-refractivity contribution >= 4 is 25.7 Å². The van der Waals surface area contributed by atoms with Crippen LogP contribution in [-0.4, -0.2) is 66.5 Å². The molecule has 78 heavy (non-hydrogen) atoms. The maximum atomic E-state index is 13.0. The van der Waals surface area contributed by atoms with Gasteiger partial charge in [0.1, 0.15) is 12.7 Å². The number of unbranched alkanes of at least 4 members (excludes halogenated alkanes) is 39. The van der Waals surface area contributed by atoms with E-state index in [1.54, 1.807) is 0 Å². The average Bonchev–Trinajstić information content (AvgIpc) is 3.43. The van der Waals surface area contributed by atoms with Crippen LogP contribution in [0.3, 0.4) is 0 Å². The van der Waals surface area contributed by atoms with Crippen LogP contribution in [0.1, 0.15) is 329 Å². The lowest BCUT2D eigenvalue weighted by molar-refractivity contribution is -0.161. The first kappa shape index (κ1) is 75.7. The van der Waals surface area contributed by atoms with Gasteiger partial charge in [-0.25, -0.2) is 4.57 Å². The first-order chi connectivity index (χ1) is 38.2. The van der Waals surface area contributed by atoms with Crippen LogP contribution in [0.5, 0.6) is 0 Å². The third-order valence-corrected chi connectivity index (χ3v) is 15.5. The monoisotopic (exact) mass is 1120 g/mol. The van der Waals surface area contributed by atoms with Crippen LogP contribution in [0.2, 0.25) is 0 Å². The standard InChI is InChI=1S/C66H123O11P/c1-4-7-10-13-16-19-22-25-28-30-31-33-36-39-42-45-48-51-54-57-66(70)77-63(59-73-64(68)55-52-49-46-43-40-37-34-27-24-21-18-15-12-9-6-3)61-75-78(71,72)74-60-62(58-67)76-65(69)56-53-50-47-44-41-38-35-32-29-26-23-20-17-14-11-8-5-2/h9,12,18,21,27,34,62-63,67H,4-8,10-11,13-17,19-20,22-26,28-33,35-61H2,1-3H3,(H,71,72)/b12-9-,21-18-,34-27-. The fourth-order valence-electron chi connectivity index (χ4n) is 9.61. The van der Waals surface area contributed by atoms with E-state index in [-0.39, 0.29) is 25.9 Å². The lowest BCUT2D eigenvalue weighted by Crippen LogP contribution is -2.30. The highest BCUT2D eigenvalue weighted by molar-refractivity contribution is 7.47. The van der Waals surface area contributed by atoms with Crippen LogP contribution < -0.4 is 0 Å². The molecule has 11 nitrogen and oxygen atoms in total. The van der Waals surface area contributed by atoms with Gasteiger partial charge in [0.25, 0.3) is 0 Å². The molecular formula is C66H123O11P. The maximum absolute atomic E-state index is 13.0. The molecule has 458 valence electrons. The number of aliphatic hydroxyl groups excluding tert-OH is 1. The molecule has 0 saturated carbocycles. The highest BCUT2D eigenvalue weighted by Gasteiger charge is 2.28. The molecule has 0 aromatic rings. The van der Waals surface area contributed by atoms with Crippen molar-refractivity contribution in [1.82, 2.24) is 0 Å². The molecule has 0 spiro atoms. The summed E-state index contributed by atoms with van der Waals surface area (Å²) >= 11 is 0. The van der Waals surface area contributed by atoms with Crippen molar-refractivity contribution in [3.05, 3.63) is 36.5 Å². The number of hydrogen-bond acceptors (Lipinski definition) is 10. The Kier molecular flexibility index (Phi) is 59.0. The topological polar surface area (TPSA) is 155 Å². The molecule has 2 N–H and O–H groups in total. The number of rotatable bonds is 62. The van der Waals surface area contributed by atoms with Gasteiger partial charge in [0.05, 0.1) is 19.8 Å². The lowest BCUT2D eigenvalue weighted by atomic mass is 10.0. The van der Waals surface area contributed by atoms with Gasteiger partial charge in [-0.15, -0.1) is 0 Å². The summed E-state index contributed by atoms with van der Waals surface area (Å²) in [6.45, 7) is 4.60. The van der Waals surface area contributed by atoms with Gasteiger partial charge in [-0.1, -0.05) is 295 Å². The zero-order chi connectivity index (χ0) is 56.9. The second kappa shape index (κ2) is 60.8. The molecule has 0 heterocycles. The van der Waals surface area contributed by atoms with Crippen LogP contribution in [0.4, 0.5) is 0 Å². The number of allylic oxidation sites excluding steroid dienone is 6. The van der Waals surface area contributed by atoms with E-state index < -0.39 is 57.8 Å². The zero-order valence-corrected chi connectivity index (χ0v) is 51.8. The SMILES string of the molecule is CC/C=C\C/C=C\C/C=C\CCCCCCCC(=O)OCC(COP(=O)(O)OCC(CO)OC(=O)CCCCCCCCCCCCCCCCCCC)OC(=O)CCCCCCCCCCCCCCCCCCCCC. The Labute approximate surface area is 480 Å². The molecule has 0 aliphatic rings. The van der Waals surface area contributed by atoms with E-state index in [4.69, 9.17) is 23.3 Å².